The van der Waals surface area contributed by atoms with Crippen LogP contribution in [0.2, 0.25) is 5.02 Å². The number of piperazine rings is 1. The van der Waals surface area contributed by atoms with Crippen molar-refractivity contribution in [3.8, 4) is 0 Å². The Hall–Kier alpha value is -2.86. The summed E-state index contributed by atoms with van der Waals surface area (Å²) in [4.78, 5) is 13.2. The van der Waals surface area contributed by atoms with Crippen LogP contribution in [-0.4, -0.2) is 36.1 Å². The lowest BCUT2D eigenvalue weighted by Gasteiger charge is -2.36. The van der Waals surface area contributed by atoms with Crippen LogP contribution in [0.1, 0.15) is 0 Å². The van der Waals surface area contributed by atoms with E-state index >= 15 is 0 Å². The molecule has 7 heteroatoms. The van der Waals surface area contributed by atoms with Crippen molar-refractivity contribution >= 4 is 34.6 Å². The summed E-state index contributed by atoms with van der Waals surface area (Å²) in [6.07, 6.45) is 1.56. The molecular weight excluding hydrogens is 365 g/mol. The van der Waals surface area contributed by atoms with E-state index in [0.717, 1.165) is 49.2 Å². The maximum atomic E-state index is 13.1. The lowest BCUT2D eigenvalue weighted by Crippen LogP contribution is -2.46. The van der Waals surface area contributed by atoms with Crippen molar-refractivity contribution in [1.29, 1.82) is 0 Å². The summed E-state index contributed by atoms with van der Waals surface area (Å²) in [7, 11) is 0. The van der Waals surface area contributed by atoms with Crippen LogP contribution in [0.3, 0.4) is 0 Å². The third-order valence-electron chi connectivity index (χ3n) is 4.55. The molecule has 1 fully saturated rings. The van der Waals surface area contributed by atoms with Crippen molar-refractivity contribution < 1.29 is 4.39 Å². The average molecular weight is 384 g/mol. The van der Waals surface area contributed by atoms with Crippen LogP contribution in [0.5, 0.6) is 0 Å². The van der Waals surface area contributed by atoms with Gasteiger partial charge in [0.15, 0.2) is 0 Å². The Bertz CT molecular complexity index is 910. The highest BCUT2D eigenvalue weighted by molar-refractivity contribution is 6.30. The molecule has 5 nitrogen and oxygen atoms in total. The molecule has 0 saturated carbocycles. The van der Waals surface area contributed by atoms with Gasteiger partial charge in [-0.05, 0) is 42.5 Å². The van der Waals surface area contributed by atoms with E-state index in [2.05, 4.69) is 25.1 Å². The maximum Gasteiger partial charge on any atom is 0.135 e. The van der Waals surface area contributed by atoms with E-state index in [1.807, 2.05) is 42.5 Å². The van der Waals surface area contributed by atoms with Gasteiger partial charge in [0, 0.05) is 48.6 Å². The molecule has 2 aromatic carbocycles. The van der Waals surface area contributed by atoms with Crippen molar-refractivity contribution in [3.05, 3.63) is 71.8 Å². The fourth-order valence-corrected chi connectivity index (χ4v) is 3.34. The predicted octanol–water partition coefficient (Wildman–Crippen LogP) is 4.34. The summed E-state index contributed by atoms with van der Waals surface area (Å²) in [5, 5.41) is 3.93. The Labute approximate surface area is 162 Å². The third-order valence-corrected chi connectivity index (χ3v) is 4.78. The molecule has 4 rings (SSSR count). The first kappa shape index (κ1) is 17.5. The first-order valence-corrected chi connectivity index (χ1v) is 9.15. The first-order valence-electron chi connectivity index (χ1n) is 8.77. The fraction of sp³-hybridized carbons (Fsp3) is 0.200. The van der Waals surface area contributed by atoms with E-state index in [1.54, 1.807) is 6.33 Å². The van der Waals surface area contributed by atoms with Crippen molar-refractivity contribution in [2.75, 3.05) is 41.3 Å². The first-order chi connectivity index (χ1) is 13.2. The molecule has 0 amide bonds. The SMILES string of the molecule is Fc1ccc(N2CCN(c3cc(Nc4cccc(Cl)c4)ncn3)CC2)cc1. The average Bonchev–Trinajstić information content (AvgIpc) is 2.69. The Morgan fingerprint density at radius 1 is 0.889 bits per heavy atom. The molecule has 2 heterocycles. The van der Waals surface area contributed by atoms with Gasteiger partial charge in [-0.2, -0.15) is 0 Å². The second-order valence-electron chi connectivity index (χ2n) is 6.35. The van der Waals surface area contributed by atoms with Crippen molar-refractivity contribution in [2.24, 2.45) is 0 Å². The highest BCUT2D eigenvalue weighted by Crippen LogP contribution is 2.23. The van der Waals surface area contributed by atoms with Crippen LogP contribution in [0.15, 0.2) is 60.9 Å². The second-order valence-corrected chi connectivity index (χ2v) is 6.78. The number of hydrogen-bond acceptors (Lipinski definition) is 5. The molecule has 3 aromatic rings. The van der Waals surface area contributed by atoms with Crippen LogP contribution >= 0.6 is 11.6 Å². The van der Waals surface area contributed by atoms with E-state index < -0.39 is 0 Å². The van der Waals surface area contributed by atoms with Gasteiger partial charge in [0.05, 0.1) is 0 Å². The smallest absolute Gasteiger partial charge is 0.135 e. The Morgan fingerprint density at radius 3 is 2.37 bits per heavy atom. The van der Waals surface area contributed by atoms with Gasteiger partial charge in [-0.3, -0.25) is 0 Å². The molecule has 0 atom stereocenters. The molecule has 0 aliphatic carbocycles. The fourth-order valence-electron chi connectivity index (χ4n) is 3.15. The summed E-state index contributed by atoms with van der Waals surface area (Å²) >= 11 is 6.03. The van der Waals surface area contributed by atoms with Gasteiger partial charge < -0.3 is 15.1 Å². The van der Waals surface area contributed by atoms with Gasteiger partial charge in [-0.25, -0.2) is 14.4 Å². The summed E-state index contributed by atoms with van der Waals surface area (Å²) in [6, 6.07) is 16.1. The van der Waals surface area contributed by atoms with Crippen LogP contribution in [0, 0.1) is 5.82 Å². The maximum absolute atomic E-state index is 13.1. The number of aromatic nitrogens is 2. The second kappa shape index (κ2) is 7.80. The predicted molar refractivity (Wildman–Crippen MR) is 108 cm³/mol. The molecule has 138 valence electrons. The van der Waals surface area contributed by atoms with Crippen LogP contribution in [0.25, 0.3) is 0 Å². The van der Waals surface area contributed by atoms with Gasteiger partial charge >= 0.3 is 0 Å². The topological polar surface area (TPSA) is 44.3 Å². The van der Waals surface area contributed by atoms with Crippen LogP contribution in [-0.2, 0) is 0 Å². The molecule has 0 bridgehead atoms. The monoisotopic (exact) mass is 383 g/mol. The largest absolute Gasteiger partial charge is 0.368 e. The molecule has 0 radical (unpaired) electrons. The molecule has 27 heavy (non-hydrogen) atoms. The number of rotatable bonds is 4. The number of benzene rings is 2. The highest BCUT2D eigenvalue weighted by Gasteiger charge is 2.19. The normalized spacial score (nSPS) is 14.3. The van der Waals surface area contributed by atoms with Gasteiger partial charge in [-0.1, -0.05) is 17.7 Å². The molecule has 0 spiro atoms. The standard InChI is InChI=1S/C20H19ClFN5/c21-15-2-1-3-17(12-15)25-19-13-20(24-14-23-19)27-10-8-26(9-11-27)18-6-4-16(22)5-7-18/h1-7,12-14H,8-11H2,(H,23,24,25). The highest BCUT2D eigenvalue weighted by atomic mass is 35.5. The quantitative estimate of drug-likeness (QED) is 0.726. The number of halogens is 2. The molecule has 1 aliphatic rings. The third kappa shape index (κ3) is 4.28. The van der Waals surface area contributed by atoms with E-state index in [0.29, 0.717) is 5.02 Å². The lowest BCUT2D eigenvalue weighted by atomic mass is 10.2. The summed E-state index contributed by atoms with van der Waals surface area (Å²) in [5.41, 5.74) is 1.93. The summed E-state index contributed by atoms with van der Waals surface area (Å²) in [6.45, 7) is 3.38. The van der Waals surface area contributed by atoms with E-state index in [-0.39, 0.29) is 5.82 Å². The van der Waals surface area contributed by atoms with E-state index in [1.165, 1.54) is 12.1 Å². The van der Waals surface area contributed by atoms with E-state index in [4.69, 9.17) is 11.6 Å². The lowest BCUT2D eigenvalue weighted by molar-refractivity contribution is 0.624. The minimum atomic E-state index is -0.210. The molecule has 1 N–H and O–H groups in total. The molecular formula is C20H19ClFN5. The van der Waals surface area contributed by atoms with Crippen LogP contribution in [0.4, 0.5) is 27.4 Å². The Kier molecular flexibility index (Phi) is 5.07. The molecule has 0 unspecified atom stereocenters. The zero-order valence-electron chi connectivity index (χ0n) is 14.6. The number of hydrogen-bond donors (Lipinski definition) is 1. The Morgan fingerprint density at radius 2 is 1.63 bits per heavy atom. The van der Waals surface area contributed by atoms with Crippen LogP contribution < -0.4 is 15.1 Å². The number of anilines is 4. The number of nitrogens with one attached hydrogen (secondary N) is 1. The van der Waals surface area contributed by atoms with Gasteiger partial charge in [0.2, 0.25) is 0 Å². The van der Waals surface area contributed by atoms with Gasteiger partial charge in [0.25, 0.3) is 0 Å². The zero-order valence-corrected chi connectivity index (χ0v) is 15.4. The van der Waals surface area contributed by atoms with Crippen molar-refractivity contribution in [2.45, 2.75) is 0 Å². The molecule has 1 aliphatic heterocycles. The molecule has 1 aromatic heterocycles. The minimum absolute atomic E-state index is 0.210. The van der Waals surface area contributed by atoms with Gasteiger partial charge in [0.1, 0.15) is 23.8 Å². The van der Waals surface area contributed by atoms with Gasteiger partial charge in [-0.15, -0.1) is 0 Å². The Balaban J connectivity index is 1.42. The summed E-state index contributed by atoms with van der Waals surface area (Å²) < 4.78 is 13.1. The number of nitrogens with zero attached hydrogens (tertiary/aromatic N) is 4. The molecule has 1 saturated heterocycles. The van der Waals surface area contributed by atoms with Crippen molar-refractivity contribution in [3.63, 3.8) is 0 Å². The minimum Gasteiger partial charge on any atom is -0.368 e. The summed E-state index contributed by atoms with van der Waals surface area (Å²) in [5.74, 6) is 1.40. The zero-order chi connectivity index (χ0) is 18.6. The van der Waals surface area contributed by atoms with Crippen molar-refractivity contribution in [1.82, 2.24) is 9.97 Å². The van der Waals surface area contributed by atoms with E-state index in [9.17, 15) is 4.39 Å².